The van der Waals surface area contributed by atoms with Crippen LogP contribution >= 0.6 is 11.3 Å². The van der Waals surface area contributed by atoms with E-state index in [2.05, 4.69) is 40.9 Å². The lowest BCUT2D eigenvalue weighted by Gasteiger charge is -2.25. The molecule has 3 heteroatoms. The van der Waals surface area contributed by atoms with Gasteiger partial charge >= 0.3 is 0 Å². The van der Waals surface area contributed by atoms with E-state index in [0.29, 0.717) is 6.04 Å². The Bertz CT molecular complexity index is 321. The SMILES string of the molecule is CC(C)CC1CN(CCc2ccsc2)CCCN1. The van der Waals surface area contributed by atoms with Gasteiger partial charge in [-0.1, -0.05) is 13.8 Å². The summed E-state index contributed by atoms with van der Waals surface area (Å²) in [6, 6.07) is 2.95. The van der Waals surface area contributed by atoms with Crippen molar-refractivity contribution in [3.63, 3.8) is 0 Å². The molecule has 2 heterocycles. The van der Waals surface area contributed by atoms with Crippen molar-refractivity contribution >= 4 is 11.3 Å². The molecule has 2 nitrogen and oxygen atoms in total. The Morgan fingerprint density at radius 2 is 2.39 bits per heavy atom. The van der Waals surface area contributed by atoms with Gasteiger partial charge < -0.3 is 10.2 Å². The average molecular weight is 266 g/mol. The zero-order valence-electron chi connectivity index (χ0n) is 11.7. The standard InChI is InChI=1S/C15H26N2S/c1-13(2)10-15-11-17(7-3-6-16-15)8-4-14-5-9-18-12-14/h5,9,12-13,15-16H,3-4,6-8,10-11H2,1-2H3. The van der Waals surface area contributed by atoms with Gasteiger partial charge in [-0.3, -0.25) is 0 Å². The molecule has 0 aliphatic carbocycles. The molecule has 1 aliphatic rings. The Hall–Kier alpha value is -0.380. The molecule has 1 aromatic rings. The van der Waals surface area contributed by atoms with Crippen LogP contribution in [0.5, 0.6) is 0 Å². The van der Waals surface area contributed by atoms with Gasteiger partial charge in [0.25, 0.3) is 0 Å². The molecule has 0 saturated carbocycles. The second-order valence-corrected chi connectivity index (χ2v) is 6.60. The van der Waals surface area contributed by atoms with Crippen LogP contribution in [0.25, 0.3) is 0 Å². The lowest BCUT2D eigenvalue weighted by Crippen LogP contribution is -2.39. The van der Waals surface area contributed by atoms with Gasteiger partial charge in [-0.05, 0) is 60.7 Å². The minimum atomic E-state index is 0.690. The first-order valence-electron chi connectivity index (χ1n) is 7.21. The van der Waals surface area contributed by atoms with Crippen LogP contribution in [0.4, 0.5) is 0 Å². The molecule has 18 heavy (non-hydrogen) atoms. The number of thiophene rings is 1. The lowest BCUT2D eigenvalue weighted by molar-refractivity contribution is 0.258. The molecule has 2 rings (SSSR count). The lowest BCUT2D eigenvalue weighted by atomic mass is 10.0. The highest BCUT2D eigenvalue weighted by Gasteiger charge is 2.18. The maximum atomic E-state index is 3.70. The predicted octanol–water partition coefficient (Wildman–Crippen LogP) is 3.00. The summed E-state index contributed by atoms with van der Waals surface area (Å²) in [5.74, 6) is 0.791. The largest absolute Gasteiger partial charge is 0.313 e. The topological polar surface area (TPSA) is 15.3 Å². The third-order valence-electron chi connectivity index (χ3n) is 3.62. The zero-order chi connectivity index (χ0) is 12.8. The van der Waals surface area contributed by atoms with Crippen LogP contribution in [0, 0.1) is 5.92 Å². The molecule has 102 valence electrons. The fourth-order valence-electron chi connectivity index (χ4n) is 2.73. The normalized spacial score (nSPS) is 22.3. The number of hydrogen-bond acceptors (Lipinski definition) is 3. The van der Waals surface area contributed by atoms with Gasteiger partial charge in [0.15, 0.2) is 0 Å². The summed E-state index contributed by atoms with van der Waals surface area (Å²) in [5.41, 5.74) is 1.50. The van der Waals surface area contributed by atoms with Gasteiger partial charge in [0.2, 0.25) is 0 Å². The highest BCUT2D eigenvalue weighted by Crippen LogP contribution is 2.12. The summed E-state index contributed by atoms with van der Waals surface area (Å²) >= 11 is 1.81. The first kappa shape index (κ1) is 14.0. The molecule has 0 aromatic carbocycles. The third-order valence-corrected chi connectivity index (χ3v) is 4.35. The molecular formula is C15H26N2S. The molecule has 1 aromatic heterocycles. The molecule has 0 spiro atoms. The fourth-order valence-corrected chi connectivity index (χ4v) is 3.43. The molecule has 0 radical (unpaired) electrons. The number of hydrogen-bond donors (Lipinski definition) is 1. The Kier molecular flexibility index (Phi) is 5.67. The summed E-state index contributed by atoms with van der Waals surface area (Å²) in [4.78, 5) is 2.64. The van der Waals surface area contributed by atoms with Gasteiger partial charge in [-0.15, -0.1) is 0 Å². The van der Waals surface area contributed by atoms with Crippen molar-refractivity contribution in [2.24, 2.45) is 5.92 Å². The van der Waals surface area contributed by atoms with Crippen LogP contribution in [0.1, 0.15) is 32.3 Å². The summed E-state index contributed by atoms with van der Waals surface area (Å²) in [6.45, 7) is 9.53. The molecule has 0 amide bonds. The zero-order valence-corrected chi connectivity index (χ0v) is 12.5. The Balaban J connectivity index is 1.79. The molecule has 1 N–H and O–H groups in total. The Morgan fingerprint density at radius 1 is 1.50 bits per heavy atom. The number of rotatable bonds is 5. The Labute approximate surface area is 115 Å². The second-order valence-electron chi connectivity index (χ2n) is 5.82. The van der Waals surface area contributed by atoms with E-state index in [9.17, 15) is 0 Å². The van der Waals surface area contributed by atoms with Crippen LogP contribution in [-0.2, 0) is 6.42 Å². The van der Waals surface area contributed by atoms with Crippen molar-refractivity contribution in [2.45, 2.75) is 39.2 Å². The van der Waals surface area contributed by atoms with Gasteiger partial charge in [0.05, 0.1) is 0 Å². The first-order valence-corrected chi connectivity index (χ1v) is 8.15. The average Bonchev–Trinajstić information content (AvgIpc) is 2.74. The predicted molar refractivity (Wildman–Crippen MR) is 80.3 cm³/mol. The molecular weight excluding hydrogens is 240 g/mol. The van der Waals surface area contributed by atoms with Crippen LogP contribution in [0.2, 0.25) is 0 Å². The Morgan fingerprint density at radius 3 is 3.11 bits per heavy atom. The van der Waals surface area contributed by atoms with Gasteiger partial charge in [-0.25, -0.2) is 0 Å². The minimum Gasteiger partial charge on any atom is -0.313 e. The molecule has 1 atom stereocenters. The quantitative estimate of drug-likeness (QED) is 0.881. The highest BCUT2D eigenvalue weighted by molar-refractivity contribution is 7.07. The first-order chi connectivity index (χ1) is 8.74. The van der Waals surface area contributed by atoms with E-state index < -0.39 is 0 Å². The number of nitrogens with one attached hydrogen (secondary N) is 1. The summed E-state index contributed by atoms with van der Waals surface area (Å²) in [7, 11) is 0. The number of nitrogens with zero attached hydrogens (tertiary/aromatic N) is 1. The third kappa shape index (κ3) is 4.71. The maximum absolute atomic E-state index is 3.70. The van der Waals surface area contributed by atoms with Crippen molar-refractivity contribution in [1.82, 2.24) is 10.2 Å². The second kappa shape index (κ2) is 7.27. The molecule has 1 saturated heterocycles. The van der Waals surface area contributed by atoms with Gasteiger partial charge in [-0.2, -0.15) is 11.3 Å². The van der Waals surface area contributed by atoms with Gasteiger partial charge in [0.1, 0.15) is 0 Å². The van der Waals surface area contributed by atoms with E-state index in [1.807, 2.05) is 11.3 Å². The molecule has 1 aliphatic heterocycles. The van der Waals surface area contributed by atoms with E-state index >= 15 is 0 Å². The van der Waals surface area contributed by atoms with Crippen LogP contribution in [0.15, 0.2) is 16.8 Å². The fraction of sp³-hybridized carbons (Fsp3) is 0.733. The van der Waals surface area contributed by atoms with Crippen molar-refractivity contribution in [2.75, 3.05) is 26.2 Å². The molecule has 1 fully saturated rings. The molecule has 1 unspecified atom stereocenters. The highest BCUT2D eigenvalue weighted by atomic mass is 32.1. The monoisotopic (exact) mass is 266 g/mol. The van der Waals surface area contributed by atoms with Crippen molar-refractivity contribution in [3.8, 4) is 0 Å². The van der Waals surface area contributed by atoms with E-state index in [1.54, 1.807) is 0 Å². The van der Waals surface area contributed by atoms with Crippen LogP contribution in [-0.4, -0.2) is 37.1 Å². The van der Waals surface area contributed by atoms with E-state index in [4.69, 9.17) is 0 Å². The van der Waals surface area contributed by atoms with Crippen molar-refractivity contribution in [1.29, 1.82) is 0 Å². The van der Waals surface area contributed by atoms with E-state index in [0.717, 1.165) is 5.92 Å². The van der Waals surface area contributed by atoms with Crippen LogP contribution < -0.4 is 5.32 Å². The van der Waals surface area contributed by atoms with Crippen molar-refractivity contribution in [3.05, 3.63) is 22.4 Å². The minimum absolute atomic E-state index is 0.690. The van der Waals surface area contributed by atoms with Gasteiger partial charge in [0, 0.05) is 19.1 Å². The maximum Gasteiger partial charge on any atom is 0.0197 e. The smallest absolute Gasteiger partial charge is 0.0197 e. The molecule has 0 bridgehead atoms. The summed E-state index contributed by atoms with van der Waals surface area (Å²) in [6.07, 6.45) is 3.80. The summed E-state index contributed by atoms with van der Waals surface area (Å²) < 4.78 is 0. The van der Waals surface area contributed by atoms with E-state index in [1.165, 1.54) is 51.0 Å². The van der Waals surface area contributed by atoms with Crippen molar-refractivity contribution < 1.29 is 0 Å². The summed E-state index contributed by atoms with van der Waals surface area (Å²) in [5, 5.41) is 8.16. The van der Waals surface area contributed by atoms with Crippen LogP contribution in [0.3, 0.4) is 0 Å². The van der Waals surface area contributed by atoms with E-state index in [-0.39, 0.29) is 0 Å².